The molecule has 0 radical (unpaired) electrons. The van der Waals surface area contributed by atoms with E-state index in [4.69, 9.17) is 9.97 Å². The van der Waals surface area contributed by atoms with E-state index in [1.54, 1.807) is 11.3 Å². The van der Waals surface area contributed by atoms with E-state index in [2.05, 4.69) is 44.8 Å². The number of aryl methyl sites for hydroxylation is 2. The zero-order valence-electron chi connectivity index (χ0n) is 17.6. The van der Waals surface area contributed by atoms with Crippen LogP contribution in [0.4, 0.5) is 5.82 Å². The molecule has 4 rings (SSSR count). The maximum absolute atomic E-state index is 12.5. The number of nitrogens with zero attached hydrogens (tertiary/aromatic N) is 4. The molecule has 0 bridgehead atoms. The molecule has 0 spiro atoms. The summed E-state index contributed by atoms with van der Waals surface area (Å²) in [5, 5.41) is 4.73. The normalized spacial score (nSPS) is 21.2. The highest BCUT2D eigenvalue weighted by Gasteiger charge is 2.36. The Morgan fingerprint density at radius 1 is 1.18 bits per heavy atom. The number of carbonyl (C=O) groups excluding carboxylic acids is 1. The average Bonchev–Trinajstić information content (AvgIpc) is 3.29. The van der Waals surface area contributed by atoms with Crippen LogP contribution in [0.2, 0.25) is 0 Å². The Balaban J connectivity index is 1.64. The lowest BCUT2D eigenvalue weighted by Crippen LogP contribution is -2.43. The van der Waals surface area contributed by atoms with Gasteiger partial charge in [-0.25, -0.2) is 9.97 Å². The first-order valence-electron chi connectivity index (χ1n) is 10.3. The Labute approximate surface area is 171 Å². The molecule has 1 atom stereocenters. The molecule has 1 N–H and O–H groups in total. The van der Waals surface area contributed by atoms with Gasteiger partial charge in [-0.1, -0.05) is 0 Å². The van der Waals surface area contributed by atoms with Gasteiger partial charge in [-0.3, -0.25) is 9.69 Å². The number of thiophene rings is 1. The Morgan fingerprint density at radius 2 is 1.89 bits per heavy atom. The lowest BCUT2D eigenvalue weighted by atomic mass is 10.1. The Kier molecular flexibility index (Phi) is 5.08. The summed E-state index contributed by atoms with van der Waals surface area (Å²) in [5.74, 6) is 2.00. The molecule has 2 saturated heterocycles. The maximum atomic E-state index is 12.5. The van der Waals surface area contributed by atoms with Gasteiger partial charge in [-0.2, -0.15) is 0 Å². The molecule has 2 aliphatic heterocycles. The molecule has 4 heterocycles. The number of hydrogen-bond donors (Lipinski definition) is 1. The van der Waals surface area contributed by atoms with Crippen molar-refractivity contribution in [3.8, 4) is 0 Å². The quantitative estimate of drug-likeness (QED) is 0.846. The lowest BCUT2D eigenvalue weighted by molar-refractivity contribution is -0.131. The highest BCUT2D eigenvalue weighted by atomic mass is 32.1. The molecule has 0 aliphatic carbocycles. The van der Waals surface area contributed by atoms with Crippen LogP contribution in [-0.4, -0.2) is 56.9 Å². The van der Waals surface area contributed by atoms with Gasteiger partial charge in [0.2, 0.25) is 5.91 Å². The third-order valence-corrected chi connectivity index (χ3v) is 7.02. The third-order valence-electron chi connectivity index (χ3n) is 5.91. The molecular weight excluding hydrogens is 370 g/mol. The smallest absolute Gasteiger partial charge is 0.225 e. The standard InChI is InChI=1S/C21H31N5OS/c1-13-14(2)28-20-18(13)19(23-16(24-20)12-25-8-6-7-9-25)22-15-10-17(27)26(11-15)21(3,4)5/h15H,6-12H2,1-5H3,(H,22,23,24). The van der Waals surface area contributed by atoms with E-state index in [0.717, 1.165) is 48.0 Å². The van der Waals surface area contributed by atoms with Gasteiger partial charge in [-0.05, 0) is 66.1 Å². The number of rotatable bonds is 4. The molecule has 152 valence electrons. The number of nitrogens with one attached hydrogen (secondary N) is 1. The predicted molar refractivity (Wildman–Crippen MR) is 115 cm³/mol. The SMILES string of the molecule is Cc1sc2nc(CN3CCCC3)nc(NC3CC(=O)N(C(C)(C)C)C3)c2c1C. The fraction of sp³-hybridized carbons (Fsp3) is 0.667. The largest absolute Gasteiger partial charge is 0.364 e. The van der Waals surface area contributed by atoms with Gasteiger partial charge in [0.1, 0.15) is 16.5 Å². The van der Waals surface area contributed by atoms with Crippen LogP contribution in [0.25, 0.3) is 10.2 Å². The summed E-state index contributed by atoms with van der Waals surface area (Å²) < 4.78 is 0. The molecule has 28 heavy (non-hydrogen) atoms. The molecule has 1 amide bonds. The highest BCUT2D eigenvalue weighted by Crippen LogP contribution is 2.35. The first-order chi connectivity index (χ1) is 13.2. The van der Waals surface area contributed by atoms with E-state index < -0.39 is 0 Å². The second kappa shape index (κ2) is 7.26. The second-order valence-corrected chi connectivity index (χ2v) is 10.4. The van der Waals surface area contributed by atoms with Gasteiger partial charge in [0, 0.05) is 23.4 Å². The number of anilines is 1. The van der Waals surface area contributed by atoms with Crippen LogP contribution < -0.4 is 5.32 Å². The first kappa shape index (κ1) is 19.6. The van der Waals surface area contributed by atoms with Crippen LogP contribution in [0.5, 0.6) is 0 Å². The molecule has 0 aromatic carbocycles. The molecule has 2 aliphatic rings. The zero-order chi connectivity index (χ0) is 20.1. The van der Waals surface area contributed by atoms with Gasteiger partial charge in [0.05, 0.1) is 18.0 Å². The van der Waals surface area contributed by atoms with Crippen molar-refractivity contribution in [3.63, 3.8) is 0 Å². The van der Waals surface area contributed by atoms with E-state index in [9.17, 15) is 4.79 Å². The fourth-order valence-electron chi connectivity index (χ4n) is 4.26. The molecule has 0 saturated carbocycles. The summed E-state index contributed by atoms with van der Waals surface area (Å²) in [5.41, 5.74) is 1.09. The highest BCUT2D eigenvalue weighted by molar-refractivity contribution is 7.18. The van der Waals surface area contributed by atoms with Crippen molar-refractivity contribution in [1.29, 1.82) is 0 Å². The van der Waals surface area contributed by atoms with Crippen molar-refractivity contribution in [2.45, 2.75) is 72.0 Å². The summed E-state index contributed by atoms with van der Waals surface area (Å²) >= 11 is 1.74. The van der Waals surface area contributed by atoms with Crippen molar-refractivity contribution in [3.05, 3.63) is 16.3 Å². The van der Waals surface area contributed by atoms with E-state index in [1.165, 1.54) is 23.3 Å². The molecule has 2 fully saturated rings. The first-order valence-corrected chi connectivity index (χ1v) is 11.1. The summed E-state index contributed by atoms with van der Waals surface area (Å²) in [7, 11) is 0. The zero-order valence-corrected chi connectivity index (χ0v) is 18.4. The van der Waals surface area contributed by atoms with Crippen LogP contribution >= 0.6 is 11.3 Å². The van der Waals surface area contributed by atoms with Crippen LogP contribution in [0, 0.1) is 13.8 Å². The van der Waals surface area contributed by atoms with Crippen molar-refractivity contribution in [1.82, 2.24) is 19.8 Å². The van der Waals surface area contributed by atoms with E-state index in [1.807, 2.05) is 4.90 Å². The number of carbonyl (C=O) groups is 1. The van der Waals surface area contributed by atoms with Crippen molar-refractivity contribution in [2.75, 3.05) is 25.0 Å². The van der Waals surface area contributed by atoms with Crippen LogP contribution in [0.15, 0.2) is 0 Å². The van der Waals surface area contributed by atoms with Gasteiger partial charge in [0.15, 0.2) is 0 Å². The molecular formula is C21H31N5OS. The molecule has 6 nitrogen and oxygen atoms in total. The minimum absolute atomic E-state index is 0.0871. The van der Waals surface area contributed by atoms with Crippen LogP contribution in [0.3, 0.4) is 0 Å². The van der Waals surface area contributed by atoms with Crippen molar-refractivity contribution in [2.24, 2.45) is 0 Å². The van der Waals surface area contributed by atoms with Gasteiger partial charge in [0.25, 0.3) is 0 Å². The fourth-order valence-corrected chi connectivity index (χ4v) is 5.30. The van der Waals surface area contributed by atoms with E-state index in [0.29, 0.717) is 6.42 Å². The summed E-state index contributed by atoms with van der Waals surface area (Å²) in [6, 6.07) is 0.0871. The average molecular weight is 402 g/mol. The Hall–Kier alpha value is -1.73. The third kappa shape index (κ3) is 3.74. The number of fused-ring (bicyclic) bond motifs is 1. The van der Waals surface area contributed by atoms with Crippen molar-refractivity contribution >= 4 is 33.3 Å². The van der Waals surface area contributed by atoms with Crippen LogP contribution in [-0.2, 0) is 11.3 Å². The Bertz CT molecular complexity index is 894. The van der Waals surface area contributed by atoms with Gasteiger partial charge >= 0.3 is 0 Å². The number of aromatic nitrogens is 2. The topological polar surface area (TPSA) is 61.4 Å². The molecule has 1 unspecified atom stereocenters. The maximum Gasteiger partial charge on any atom is 0.225 e. The number of amides is 1. The second-order valence-electron chi connectivity index (χ2n) is 9.16. The molecule has 2 aromatic rings. The minimum Gasteiger partial charge on any atom is -0.364 e. The van der Waals surface area contributed by atoms with E-state index in [-0.39, 0.29) is 17.5 Å². The van der Waals surface area contributed by atoms with Gasteiger partial charge < -0.3 is 10.2 Å². The predicted octanol–water partition coefficient (Wildman–Crippen LogP) is 3.72. The lowest BCUT2D eigenvalue weighted by Gasteiger charge is -2.32. The Morgan fingerprint density at radius 3 is 2.54 bits per heavy atom. The van der Waals surface area contributed by atoms with E-state index >= 15 is 0 Å². The number of likely N-dealkylation sites (tertiary alicyclic amines) is 2. The minimum atomic E-state index is -0.149. The number of hydrogen-bond acceptors (Lipinski definition) is 6. The molecule has 7 heteroatoms. The van der Waals surface area contributed by atoms with Crippen LogP contribution in [0.1, 0.15) is 56.3 Å². The molecule has 2 aromatic heterocycles. The monoisotopic (exact) mass is 401 g/mol. The van der Waals surface area contributed by atoms with Crippen molar-refractivity contribution < 1.29 is 4.79 Å². The summed E-state index contributed by atoms with van der Waals surface area (Å²) in [6.45, 7) is 14.4. The summed E-state index contributed by atoms with van der Waals surface area (Å²) in [6.07, 6.45) is 3.04. The van der Waals surface area contributed by atoms with Gasteiger partial charge in [-0.15, -0.1) is 11.3 Å². The summed E-state index contributed by atoms with van der Waals surface area (Å²) in [4.78, 5) is 29.0.